The molecule has 0 unspecified atom stereocenters. The first kappa shape index (κ1) is 9.87. The van der Waals surface area contributed by atoms with Gasteiger partial charge in [-0.1, -0.05) is 36.4 Å². The third-order valence-corrected chi connectivity index (χ3v) is 2.43. The van der Waals surface area contributed by atoms with E-state index in [-0.39, 0.29) is 5.78 Å². The molecule has 0 aliphatic heterocycles. The lowest BCUT2D eigenvalue weighted by atomic mass is 10.0. The molecule has 0 saturated carbocycles. The van der Waals surface area contributed by atoms with Gasteiger partial charge in [0.25, 0.3) is 0 Å². The molecule has 1 atom stereocenters. The van der Waals surface area contributed by atoms with Crippen molar-refractivity contribution < 1.29 is 4.79 Å². The number of nitrogens with one attached hydrogen (secondary N) is 1. The van der Waals surface area contributed by atoms with Crippen molar-refractivity contribution in [2.45, 2.75) is 13.0 Å². The Kier molecular flexibility index (Phi) is 2.52. The van der Waals surface area contributed by atoms with Crippen molar-refractivity contribution in [2.75, 3.05) is 0 Å². The summed E-state index contributed by atoms with van der Waals surface area (Å²) in [5.74, 6) is -0.124. The quantitative estimate of drug-likeness (QED) is 0.684. The maximum Gasteiger partial charge on any atom is 0.180 e. The van der Waals surface area contributed by atoms with Crippen molar-refractivity contribution in [3.05, 3.63) is 48.0 Å². The summed E-state index contributed by atoms with van der Waals surface area (Å²) in [6.45, 7) is 1.59. The van der Waals surface area contributed by atoms with Crippen LogP contribution in [0.4, 0.5) is 0 Å². The Balaban J connectivity index is 2.52. The van der Waals surface area contributed by atoms with E-state index < -0.39 is 6.04 Å². The summed E-state index contributed by atoms with van der Waals surface area (Å²) in [5.41, 5.74) is 8.00. The van der Waals surface area contributed by atoms with Crippen molar-refractivity contribution in [3.63, 3.8) is 0 Å². The fourth-order valence-electron chi connectivity index (χ4n) is 1.59. The number of rotatable bonds is 2. The Labute approximate surface area is 88.7 Å². The highest BCUT2D eigenvalue weighted by atomic mass is 16.1. The highest BCUT2D eigenvalue weighted by molar-refractivity contribution is 6.02. The fraction of sp³-hybridized carbons (Fsp3) is 0.154. The zero-order valence-electron chi connectivity index (χ0n) is 8.53. The first-order valence-corrected chi connectivity index (χ1v) is 4.92. The first-order chi connectivity index (χ1) is 7.18. The van der Waals surface area contributed by atoms with E-state index >= 15 is 0 Å². The lowest BCUT2D eigenvalue weighted by Gasteiger charge is -2.04. The van der Waals surface area contributed by atoms with Crippen molar-refractivity contribution >= 4 is 16.6 Å². The number of carbonyl (C=O) groups is 1. The maximum absolute atomic E-state index is 11.6. The van der Waals surface area contributed by atoms with Crippen molar-refractivity contribution in [3.8, 4) is 0 Å². The molecule has 0 saturated heterocycles. The van der Waals surface area contributed by atoms with Gasteiger partial charge in [-0.15, -0.1) is 0 Å². The van der Waals surface area contributed by atoms with Crippen LogP contribution < -0.4 is 5.73 Å². The number of benzene rings is 2. The summed E-state index contributed by atoms with van der Waals surface area (Å²) in [6.07, 6.45) is 0. The van der Waals surface area contributed by atoms with Gasteiger partial charge in [-0.3, -0.25) is 4.79 Å². The van der Waals surface area contributed by atoms with Gasteiger partial charge in [0, 0.05) is 5.56 Å². The van der Waals surface area contributed by atoms with E-state index in [2.05, 4.69) is 0 Å². The highest BCUT2D eigenvalue weighted by Gasteiger charge is 2.11. The van der Waals surface area contributed by atoms with Gasteiger partial charge in [0.2, 0.25) is 0 Å². The van der Waals surface area contributed by atoms with Crippen LogP contribution >= 0.6 is 0 Å². The largest absolute Gasteiger partial charge is 0.292 e. The molecule has 2 aromatic carbocycles. The molecular formula is C13H12NO. The number of ketones is 1. The second kappa shape index (κ2) is 3.83. The number of fused-ring (bicyclic) bond motifs is 1. The standard InChI is InChI=1S/C13H12NO/c1-9(14)13(15)12-7-6-10-4-2-3-5-11(10)8-12/h2-9,14H,1H3/t9-/m0/s1. The van der Waals surface area contributed by atoms with Crippen LogP contribution in [0.3, 0.4) is 0 Å². The maximum atomic E-state index is 11.6. The summed E-state index contributed by atoms with van der Waals surface area (Å²) in [5, 5.41) is 2.16. The van der Waals surface area contributed by atoms with Crippen molar-refractivity contribution in [1.82, 2.24) is 5.73 Å². The summed E-state index contributed by atoms with van der Waals surface area (Å²) < 4.78 is 0. The van der Waals surface area contributed by atoms with Crippen LogP contribution in [-0.2, 0) is 0 Å². The Bertz CT molecular complexity index is 503. The molecular weight excluding hydrogens is 186 g/mol. The van der Waals surface area contributed by atoms with Crippen LogP contribution in [0.15, 0.2) is 42.5 Å². The van der Waals surface area contributed by atoms with Crippen LogP contribution in [0.2, 0.25) is 0 Å². The van der Waals surface area contributed by atoms with Gasteiger partial charge in [-0.05, 0) is 23.8 Å². The van der Waals surface area contributed by atoms with Gasteiger partial charge in [-0.2, -0.15) is 0 Å². The van der Waals surface area contributed by atoms with Crippen LogP contribution in [0.1, 0.15) is 17.3 Å². The molecule has 0 heterocycles. The van der Waals surface area contributed by atoms with E-state index in [0.29, 0.717) is 5.56 Å². The Morgan fingerprint density at radius 3 is 2.47 bits per heavy atom. The Morgan fingerprint density at radius 2 is 1.80 bits per heavy atom. The Hall–Kier alpha value is -1.67. The third kappa shape index (κ3) is 1.90. The molecule has 0 amide bonds. The monoisotopic (exact) mass is 198 g/mol. The number of hydrogen-bond donors (Lipinski definition) is 0. The molecule has 1 radical (unpaired) electrons. The number of carbonyl (C=O) groups excluding carboxylic acids is 1. The molecule has 0 aliphatic rings. The first-order valence-electron chi connectivity index (χ1n) is 4.92. The van der Waals surface area contributed by atoms with E-state index in [9.17, 15) is 4.79 Å². The van der Waals surface area contributed by atoms with Crippen LogP contribution in [0, 0.1) is 0 Å². The molecule has 2 rings (SSSR count). The molecule has 0 aromatic heterocycles. The topological polar surface area (TPSA) is 40.9 Å². The number of hydrogen-bond acceptors (Lipinski definition) is 1. The summed E-state index contributed by atoms with van der Waals surface area (Å²) >= 11 is 0. The molecule has 1 N–H and O–H groups in total. The zero-order valence-corrected chi connectivity index (χ0v) is 8.53. The molecule has 15 heavy (non-hydrogen) atoms. The molecule has 0 fully saturated rings. The van der Waals surface area contributed by atoms with Gasteiger partial charge < -0.3 is 0 Å². The summed E-state index contributed by atoms with van der Waals surface area (Å²) in [4.78, 5) is 11.6. The minimum absolute atomic E-state index is 0.124. The van der Waals surface area contributed by atoms with Crippen molar-refractivity contribution in [1.29, 1.82) is 0 Å². The molecule has 2 aromatic rings. The van der Waals surface area contributed by atoms with Gasteiger partial charge in [0.05, 0.1) is 6.04 Å². The SMILES string of the molecule is C[C@H]([NH])C(=O)c1ccc2ccccc2c1. The van der Waals surface area contributed by atoms with Crippen LogP contribution in [0.25, 0.3) is 10.8 Å². The second-order valence-corrected chi connectivity index (χ2v) is 3.65. The smallest absolute Gasteiger partial charge is 0.180 e. The zero-order chi connectivity index (χ0) is 10.8. The summed E-state index contributed by atoms with van der Waals surface area (Å²) in [7, 11) is 0. The normalized spacial score (nSPS) is 12.7. The minimum Gasteiger partial charge on any atom is -0.292 e. The van der Waals surface area contributed by atoms with Crippen LogP contribution in [-0.4, -0.2) is 11.8 Å². The van der Waals surface area contributed by atoms with Crippen LogP contribution in [0.5, 0.6) is 0 Å². The average Bonchev–Trinajstić information content (AvgIpc) is 2.27. The van der Waals surface area contributed by atoms with Gasteiger partial charge in [0.1, 0.15) is 0 Å². The van der Waals surface area contributed by atoms with Crippen molar-refractivity contribution in [2.24, 2.45) is 0 Å². The lowest BCUT2D eigenvalue weighted by Crippen LogP contribution is -2.17. The Morgan fingerprint density at radius 1 is 1.13 bits per heavy atom. The van der Waals surface area contributed by atoms with Gasteiger partial charge in [-0.25, -0.2) is 5.73 Å². The molecule has 75 valence electrons. The minimum atomic E-state index is -0.689. The molecule has 0 bridgehead atoms. The van der Waals surface area contributed by atoms with E-state index in [1.165, 1.54) is 0 Å². The highest BCUT2D eigenvalue weighted by Crippen LogP contribution is 2.16. The predicted octanol–water partition coefficient (Wildman–Crippen LogP) is 2.69. The van der Waals surface area contributed by atoms with Gasteiger partial charge >= 0.3 is 0 Å². The van der Waals surface area contributed by atoms with E-state index in [4.69, 9.17) is 5.73 Å². The summed E-state index contributed by atoms with van der Waals surface area (Å²) in [6, 6.07) is 12.8. The lowest BCUT2D eigenvalue weighted by molar-refractivity contribution is 0.0965. The average molecular weight is 198 g/mol. The van der Waals surface area contributed by atoms with E-state index in [0.717, 1.165) is 10.8 Å². The third-order valence-electron chi connectivity index (χ3n) is 2.43. The second-order valence-electron chi connectivity index (χ2n) is 3.65. The molecule has 2 nitrogen and oxygen atoms in total. The van der Waals surface area contributed by atoms with Gasteiger partial charge in [0.15, 0.2) is 5.78 Å². The number of Topliss-reactive ketones (excluding diaryl/α,β-unsaturated/α-hetero) is 1. The van der Waals surface area contributed by atoms with E-state index in [1.54, 1.807) is 13.0 Å². The molecule has 2 heteroatoms. The predicted molar refractivity (Wildman–Crippen MR) is 60.8 cm³/mol. The molecule has 0 aliphatic carbocycles. The fourth-order valence-corrected chi connectivity index (χ4v) is 1.59. The molecule has 0 spiro atoms. The van der Waals surface area contributed by atoms with E-state index in [1.807, 2.05) is 36.4 Å².